The Balaban J connectivity index is 2.88. The first-order valence-electron chi connectivity index (χ1n) is 7.67. The summed E-state index contributed by atoms with van der Waals surface area (Å²) in [5, 5.41) is 3.66. The van der Waals surface area contributed by atoms with Crippen LogP contribution in [0.5, 0.6) is 0 Å². The number of nitrogens with one attached hydrogen (secondary N) is 1. The van der Waals surface area contributed by atoms with Crippen LogP contribution in [0.2, 0.25) is 0 Å². The summed E-state index contributed by atoms with van der Waals surface area (Å²) in [6, 6.07) is 0.349. The van der Waals surface area contributed by atoms with Crippen molar-refractivity contribution in [2.45, 2.75) is 72.4 Å². The lowest BCUT2D eigenvalue weighted by molar-refractivity contribution is 0.0116. The van der Waals surface area contributed by atoms with Gasteiger partial charge in [0.05, 0.1) is 5.60 Å². The van der Waals surface area contributed by atoms with Crippen molar-refractivity contribution in [2.24, 2.45) is 0 Å². The first-order chi connectivity index (χ1) is 9.32. The summed E-state index contributed by atoms with van der Waals surface area (Å²) in [5.74, 6) is 2.08. The number of rotatable bonds is 8. The van der Waals surface area contributed by atoms with Gasteiger partial charge in [-0.05, 0) is 66.0 Å². The van der Waals surface area contributed by atoms with Crippen molar-refractivity contribution in [3.8, 4) is 0 Å². The lowest BCUT2D eigenvalue weighted by atomic mass is 9.93. The molecular formula is C17H31NO2. The van der Waals surface area contributed by atoms with Crippen LogP contribution in [-0.4, -0.2) is 19.3 Å². The van der Waals surface area contributed by atoms with Crippen LogP contribution in [0.3, 0.4) is 0 Å². The SMILES string of the molecule is CCCNC(CCC(C)(C)OC)c1c(C)oc(C)c1C. The summed E-state index contributed by atoms with van der Waals surface area (Å²) >= 11 is 0. The molecule has 0 amide bonds. The molecule has 0 aliphatic rings. The molecule has 3 nitrogen and oxygen atoms in total. The maximum absolute atomic E-state index is 5.79. The van der Waals surface area contributed by atoms with Gasteiger partial charge in [0.15, 0.2) is 0 Å². The maximum Gasteiger partial charge on any atom is 0.106 e. The molecule has 1 aromatic rings. The molecule has 0 saturated heterocycles. The standard InChI is InChI=1S/C17H31NO2/c1-8-11-18-15(9-10-17(5,6)19-7)16-12(2)13(3)20-14(16)4/h15,18H,8-11H2,1-7H3. The molecular weight excluding hydrogens is 250 g/mol. The van der Waals surface area contributed by atoms with E-state index < -0.39 is 0 Å². The molecule has 0 saturated carbocycles. The fourth-order valence-electron chi connectivity index (χ4n) is 2.58. The zero-order valence-corrected chi connectivity index (χ0v) is 14.2. The molecule has 116 valence electrons. The lowest BCUT2D eigenvalue weighted by Gasteiger charge is -2.27. The van der Waals surface area contributed by atoms with Gasteiger partial charge in [-0.3, -0.25) is 0 Å². The van der Waals surface area contributed by atoms with E-state index in [1.807, 2.05) is 6.92 Å². The summed E-state index contributed by atoms with van der Waals surface area (Å²) in [6.07, 6.45) is 3.22. The van der Waals surface area contributed by atoms with Crippen molar-refractivity contribution in [1.29, 1.82) is 0 Å². The van der Waals surface area contributed by atoms with Gasteiger partial charge in [0.25, 0.3) is 0 Å². The van der Waals surface area contributed by atoms with Crippen molar-refractivity contribution in [3.63, 3.8) is 0 Å². The molecule has 0 aromatic carbocycles. The van der Waals surface area contributed by atoms with Gasteiger partial charge in [0, 0.05) is 18.7 Å². The third-order valence-corrected chi connectivity index (χ3v) is 4.19. The Bertz CT molecular complexity index is 421. The molecule has 0 radical (unpaired) electrons. The zero-order chi connectivity index (χ0) is 15.3. The summed E-state index contributed by atoms with van der Waals surface area (Å²) in [6.45, 7) is 13.8. The lowest BCUT2D eigenvalue weighted by Crippen LogP contribution is -2.28. The average Bonchev–Trinajstić information content (AvgIpc) is 2.64. The molecule has 3 heteroatoms. The highest BCUT2D eigenvalue weighted by Gasteiger charge is 2.24. The van der Waals surface area contributed by atoms with Gasteiger partial charge in [-0.25, -0.2) is 0 Å². The minimum Gasteiger partial charge on any atom is -0.466 e. The van der Waals surface area contributed by atoms with Crippen molar-refractivity contribution < 1.29 is 9.15 Å². The molecule has 0 fully saturated rings. The summed E-state index contributed by atoms with van der Waals surface area (Å²) in [7, 11) is 1.78. The normalized spacial score (nSPS) is 13.8. The van der Waals surface area contributed by atoms with Crippen LogP contribution in [-0.2, 0) is 4.74 Å². The molecule has 1 heterocycles. The van der Waals surface area contributed by atoms with Crippen LogP contribution < -0.4 is 5.32 Å². The monoisotopic (exact) mass is 281 g/mol. The minimum atomic E-state index is -0.0767. The molecule has 1 unspecified atom stereocenters. The number of ether oxygens (including phenoxy) is 1. The zero-order valence-electron chi connectivity index (χ0n) is 14.2. The van der Waals surface area contributed by atoms with E-state index in [1.54, 1.807) is 7.11 Å². The molecule has 1 N–H and O–H groups in total. The molecule has 1 rings (SSSR count). The quantitative estimate of drug-likeness (QED) is 0.764. The Hall–Kier alpha value is -0.800. The van der Waals surface area contributed by atoms with E-state index in [2.05, 4.69) is 39.9 Å². The Labute approximate surface area is 124 Å². The third kappa shape index (κ3) is 4.35. The highest BCUT2D eigenvalue weighted by Crippen LogP contribution is 2.31. The Morgan fingerprint density at radius 2 is 1.85 bits per heavy atom. The van der Waals surface area contributed by atoms with Gasteiger partial charge in [-0.15, -0.1) is 0 Å². The van der Waals surface area contributed by atoms with Crippen molar-refractivity contribution in [2.75, 3.05) is 13.7 Å². The second kappa shape index (κ2) is 7.28. The van der Waals surface area contributed by atoms with Gasteiger partial charge in [0.1, 0.15) is 11.5 Å². The fraction of sp³-hybridized carbons (Fsp3) is 0.765. The Morgan fingerprint density at radius 1 is 1.20 bits per heavy atom. The second-order valence-corrected chi connectivity index (χ2v) is 6.26. The Morgan fingerprint density at radius 3 is 2.30 bits per heavy atom. The topological polar surface area (TPSA) is 34.4 Å². The van der Waals surface area contributed by atoms with Gasteiger partial charge in [-0.1, -0.05) is 6.92 Å². The minimum absolute atomic E-state index is 0.0767. The van der Waals surface area contributed by atoms with Crippen LogP contribution in [0, 0.1) is 20.8 Å². The van der Waals surface area contributed by atoms with Gasteiger partial charge < -0.3 is 14.5 Å². The van der Waals surface area contributed by atoms with Crippen molar-refractivity contribution in [1.82, 2.24) is 5.32 Å². The first-order valence-corrected chi connectivity index (χ1v) is 7.67. The largest absolute Gasteiger partial charge is 0.466 e. The smallest absolute Gasteiger partial charge is 0.106 e. The van der Waals surface area contributed by atoms with E-state index in [0.29, 0.717) is 6.04 Å². The highest BCUT2D eigenvalue weighted by atomic mass is 16.5. The van der Waals surface area contributed by atoms with Crippen LogP contribution in [0.1, 0.15) is 68.7 Å². The van der Waals surface area contributed by atoms with Crippen LogP contribution in [0.15, 0.2) is 4.42 Å². The fourth-order valence-corrected chi connectivity index (χ4v) is 2.58. The van der Waals surface area contributed by atoms with Crippen molar-refractivity contribution in [3.05, 3.63) is 22.6 Å². The van der Waals surface area contributed by atoms with E-state index in [9.17, 15) is 0 Å². The third-order valence-electron chi connectivity index (χ3n) is 4.19. The van der Waals surface area contributed by atoms with E-state index in [0.717, 1.165) is 37.3 Å². The summed E-state index contributed by atoms with van der Waals surface area (Å²) in [5.41, 5.74) is 2.54. The van der Waals surface area contributed by atoms with Crippen LogP contribution in [0.4, 0.5) is 0 Å². The molecule has 1 atom stereocenters. The first kappa shape index (κ1) is 17.3. The van der Waals surface area contributed by atoms with E-state index in [1.165, 1.54) is 11.1 Å². The molecule has 0 bridgehead atoms. The molecule has 0 aliphatic heterocycles. The molecule has 0 spiro atoms. The average molecular weight is 281 g/mol. The van der Waals surface area contributed by atoms with Crippen molar-refractivity contribution >= 4 is 0 Å². The number of hydrogen-bond donors (Lipinski definition) is 1. The summed E-state index contributed by atoms with van der Waals surface area (Å²) < 4.78 is 11.3. The van der Waals surface area contributed by atoms with E-state index >= 15 is 0 Å². The summed E-state index contributed by atoms with van der Waals surface area (Å²) in [4.78, 5) is 0. The second-order valence-electron chi connectivity index (χ2n) is 6.26. The molecule has 1 aromatic heterocycles. The highest BCUT2D eigenvalue weighted by molar-refractivity contribution is 5.34. The van der Waals surface area contributed by atoms with E-state index in [4.69, 9.17) is 9.15 Å². The Kier molecular flexibility index (Phi) is 6.28. The van der Waals surface area contributed by atoms with Gasteiger partial charge in [-0.2, -0.15) is 0 Å². The maximum atomic E-state index is 5.79. The van der Waals surface area contributed by atoms with E-state index in [-0.39, 0.29) is 5.60 Å². The molecule has 20 heavy (non-hydrogen) atoms. The number of furan rings is 1. The van der Waals surface area contributed by atoms with Crippen LogP contribution >= 0.6 is 0 Å². The number of methoxy groups -OCH3 is 1. The van der Waals surface area contributed by atoms with Gasteiger partial charge >= 0.3 is 0 Å². The predicted octanol–water partition coefficient (Wildman–Crippen LogP) is 4.45. The van der Waals surface area contributed by atoms with Gasteiger partial charge in [0.2, 0.25) is 0 Å². The molecule has 0 aliphatic carbocycles. The predicted molar refractivity (Wildman–Crippen MR) is 84.3 cm³/mol. The number of hydrogen-bond acceptors (Lipinski definition) is 3. The van der Waals surface area contributed by atoms with Crippen LogP contribution in [0.25, 0.3) is 0 Å². The number of aryl methyl sites for hydroxylation is 2.